The van der Waals surface area contributed by atoms with Gasteiger partial charge in [0.05, 0.1) is 0 Å². The van der Waals surface area contributed by atoms with Crippen molar-refractivity contribution in [2.45, 2.75) is 13.8 Å². The van der Waals surface area contributed by atoms with Crippen molar-refractivity contribution in [1.29, 1.82) is 0 Å². The molecule has 138 valence electrons. The molecule has 0 unspecified atom stereocenters. The van der Waals surface area contributed by atoms with Crippen molar-refractivity contribution < 1.29 is 33.7 Å². The first kappa shape index (κ1) is 18.0. The first-order chi connectivity index (χ1) is 12.8. The average molecular weight is 370 g/mol. The molecule has 0 atom stereocenters. The van der Waals surface area contributed by atoms with Crippen LogP contribution in [-0.2, 0) is 9.59 Å². The molecule has 0 saturated heterocycles. The van der Waals surface area contributed by atoms with Crippen LogP contribution in [0.4, 0.5) is 0 Å². The van der Waals surface area contributed by atoms with Crippen LogP contribution in [0.3, 0.4) is 0 Å². The number of fused-ring (bicyclic) bond motifs is 1. The largest absolute Gasteiger partial charge is 0.508 e. The van der Waals surface area contributed by atoms with Gasteiger partial charge in [0.25, 0.3) is 0 Å². The Balaban J connectivity index is 2.38. The molecule has 0 aliphatic rings. The van der Waals surface area contributed by atoms with E-state index in [4.69, 9.17) is 13.9 Å². The standard InChI is InChI=1S/C19H14O8/c1-9(20)25-14-7-13(23)8-15-16(14)17(24)19(26-10(2)21)18(27-15)11-3-5-12(22)6-4-11/h3-8,22-23H,1-2H3. The monoisotopic (exact) mass is 370 g/mol. The molecule has 8 heteroatoms. The van der Waals surface area contributed by atoms with Crippen LogP contribution in [0, 0.1) is 0 Å². The Morgan fingerprint density at radius 3 is 2.15 bits per heavy atom. The molecule has 0 bridgehead atoms. The summed E-state index contributed by atoms with van der Waals surface area (Å²) in [5.74, 6) is -2.48. The van der Waals surface area contributed by atoms with Gasteiger partial charge in [0, 0.05) is 31.5 Å². The van der Waals surface area contributed by atoms with Gasteiger partial charge in [-0.1, -0.05) is 0 Å². The fraction of sp³-hybridized carbons (Fsp3) is 0.105. The molecule has 8 nitrogen and oxygen atoms in total. The molecule has 0 saturated carbocycles. The normalized spacial score (nSPS) is 10.6. The Hall–Kier alpha value is -3.81. The number of phenolic OH excluding ortho intramolecular Hbond substituents is 2. The molecule has 2 N–H and O–H groups in total. The number of phenols is 2. The molecule has 3 aromatic rings. The van der Waals surface area contributed by atoms with Crippen molar-refractivity contribution in [3.63, 3.8) is 0 Å². The number of ether oxygens (including phenoxy) is 2. The summed E-state index contributed by atoms with van der Waals surface area (Å²) < 4.78 is 15.7. The smallest absolute Gasteiger partial charge is 0.308 e. The number of rotatable bonds is 3. The number of hydrogen-bond acceptors (Lipinski definition) is 8. The minimum Gasteiger partial charge on any atom is -0.508 e. The van der Waals surface area contributed by atoms with E-state index in [-0.39, 0.29) is 34.0 Å². The lowest BCUT2D eigenvalue weighted by atomic mass is 10.1. The molecule has 0 amide bonds. The zero-order valence-corrected chi connectivity index (χ0v) is 14.3. The second kappa shape index (κ2) is 6.83. The topological polar surface area (TPSA) is 123 Å². The van der Waals surface area contributed by atoms with Crippen molar-refractivity contribution in [1.82, 2.24) is 0 Å². The van der Waals surface area contributed by atoms with Gasteiger partial charge in [0.1, 0.15) is 28.2 Å². The highest BCUT2D eigenvalue weighted by atomic mass is 16.5. The molecule has 0 radical (unpaired) electrons. The van der Waals surface area contributed by atoms with E-state index in [2.05, 4.69) is 0 Å². The van der Waals surface area contributed by atoms with Gasteiger partial charge < -0.3 is 24.1 Å². The van der Waals surface area contributed by atoms with Gasteiger partial charge in [0.2, 0.25) is 11.2 Å². The first-order valence-corrected chi connectivity index (χ1v) is 7.76. The highest BCUT2D eigenvalue weighted by Gasteiger charge is 2.23. The Labute approximate surface area is 152 Å². The maximum absolute atomic E-state index is 13.0. The number of carbonyl (C=O) groups excluding carboxylic acids is 2. The predicted molar refractivity (Wildman–Crippen MR) is 93.9 cm³/mol. The summed E-state index contributed by atoms with van der Waals surface area (Å²) in [5, 5.41) is 19.1. The summed E-state index contributed by atoms with van der Waals surface area (Å²) in [6, 6.07) is 7.90. The molecule has 0 aliphatic heterocycles. The third-order valence-corrected chi connectivity index (χ3v) is 3.53. The maximum Gasteiger partial charge on any atom is 0.308 e. The molecule has 1 heterocycles. The predicted octanol–water partition coefficient (Wildman–Crippen LogP) is 2.72. The zero-order valence-electron chi connectivity index (χ0n) is 14.3. The van der Waals surface area contributed by atoms with Crippen LogP contribution in [-0.4, -0.2) is 22.2 Å². The van der Waals surface area contributed by atoms with Crippen molar-refractivity contribution in [3.8, 4) is 34.3 Å². The summed E-state index contributed by atoms with van der Waals surface area (Å²) in [4.78, 5) is 35.8. The summed E-state index contributed by atoms with van der Waals surface area (Å²) in [5.41, 5.74) is -0.485. The van der Waals surface area contributed by atoms with Crippen LogP contribution in [0.25, 0.3) is 22.3 Å². The van der Waals surface area contributed by atoms with E-state index in [9.17, 15) is 24.6 Å². The SMILES string of the molecule is CC(=O)Oc1c(-c2ccc(O)cc2)oc2cc(O)cc(OC(C)=O)c2c1=O. The Morgan fingerprint density at radius 1 is 0.926 bits per heavy atom. The van der Waals surface area contributed by atoms with Gasteiger partial charge in [-0.2, -0.15) is 0 Å². The second-order valence-corrected chi connectivity index (χ2v) is 5.64. The third-order valence-electron chi connectivity index (χ3n) is 3.53. The van der Waals surface area contributed by atoms with Crippen LogP contribution >= 0.6 is 0 Å². The quantitative estimate of drug-likeness (QED) is 0.533. The molecule has 0 spiro atoms. The summed E-state index contributed by atoms with van der Waals surface area (Å²) in [7, 11) is 0. The van der Waals surface area contributed by atoms with E-state index < -0.39 is 23.1 Å². The minimum atomic E-state index is -0.759. The Bertz CT molecular complexity index is 1110. The van der Waals surface area contributed by atoms with Crippen LogP contribution in [0.5, 0.6) is 23.0 Å². The average Bonchev–Trinajstić information content (AvgIpc) is 2.56. The molecule has 27 heavy (non-hydrogen) atoms. The Morgan fingerprint density at radius 2 is 1.56 bits per heavy atom. The fourth-order valence-corrected chi connectivity index (χ4v) is 2.53. The highest BCUT2D eigenvalue weighted by Crippen LogP contribution is 2.36. The number of carbonyl (C=O) groups is 2. The molecule has 3 rings (SSSR count). The number of hydrogen-bond donors (Lipinski definition) is 2. The Kier molecular flexibility index (Phi) is 4.55. The molecule has 0 fully saturated rings. The lowest BCUT2D eigenvalue weighted by Gasteiger charge is -2.12. The maximum atomic E-state index is 13.0. The number of esters is 2. The summed E-state index contributed by atoms with van der Waals surface area (Å²) in [6.07, 6.45) is 0. The van der Waals surface area contributed by atoms with Gasteiger partial charge >= 0.3 is 11.9 Å². The second-order valence-electron chi connectivity index (χ2n) is 5.64. The molecule has 0 aliphatic carbocycles. The van der Waals surface area contributed by atoms with E-state index in [1.807, 2.05) is 0 Å². The van der Waals surface area contributed by atoms with Gasteiger partial charge in [-0.05, 0) is 24.3 Å². The fourth-order valence-electron chi connectivity index (χ4n) is 2.53. The molecular formula is C19H14O8. The molecule has 1 aromatic heterocycles. The van der Waals surface area contributed by atoms with E-state index >= 15 is 0 Å². The third kappa shape index (κ3) is 3.59. The van der Waals surface area contributed by atoms with Crippen molar-refractivity contribution in [2.24, 2.45) is 0 Å². The van der Waals surface area contributed by atoms with E-state index in [0.717, 1.165) is 19.9 Å². The lowest BCUT2D eigenvalue weighted by Crippen LogP contribution is -2.15. The molecular weight excluding hydrogens is 356 g/mol. The van der Waals surface area contributed by atoms with E-state index in [0.29, 0.717) is 5.56 Å². The van der Waals surface area contributed by atoms with Crippen LogP contribution in [0.15, 0.2) is 45.6 Å². The summed E-state index contributed by atoms with van der Waals surface area (Å²) in [6.45, 7) is 2.25. The first-order valence-electron chi connectivity index (χ1n) is 7.76. The van der Waals surface area contributed by atoms with Crippen molar-refractivity contribution in [2.75, 3.05) is 0 Å². The van der Waals surface area contributed by atoms with Crippen molar-refractivity contribution in [3.05, 3.63) is 46.6 Å². The minimum absolute atomic E-state index is 0.00860. The molecule has 2 aromatic carbocycles. The number of aromatic hydroxyl groups is 2. The summed E-state index contributed by atoms with van der Waals surface area (Å²) >= 11 is 0. The van der Waals surface area contributed by atoms with Gasteiger partial charge in [-0.25, -0.2) is 0 Å². The van der Waals surface area contributed by atoms with Gasteiger partial charge in [-0.3, -0.25) is 14.4 Å². The van der Waals surface area contributed by atoms with E-state index in [1.54, 1.807) is 0 Å². The van der Waals surface area contributed by atoms with Gasteiger partial charge in [-0.15, -0.1) is 0 Å². The number of benzene rings is 2. The van der Waals surface area contributed by atoms with Crippen LogP contribution in [0.1, 0.15) is 13.8 Å². The van der Waals surface area contributed by atoms with Crippen LogP contribution in [0.2, 0.25) is 0 Å². The van der Waals surface area contributed by atoms with E-state index in [1.165, 1.54) is 30.3 Å². The van der Waals surface area contributed by atoms with Crippen LogP contribution < -0.4 is 14.9 Å². The van der Waals surface area contributed by atoms with Gasteiger partial charge in [0.15, 0.2) is 5.76 Å². The lowest BCUT2D eigenvalue weighted by molar-refractivity contribution is -0.133. The zero-order chi connectivity index (χ0) is 19.7. The highest BCUT2D eigenvalue weighted by molar-refractivity contribution is 5.91. The van der Waals surface area contributed by atoms with Crippen molar-refractivity contribution >= 4 is 22.9 Å².